The van der Waals surface area contributed by atoms with E-state index in [1.165, 1.54) is 16.0 Å². The molecule has 2 aliphatic heterocycles. The Labute approximate surface area is 156 Å². The van der Waals surface area contributed by atoms with Gasteiger partial charge in [-0.2, -0.15) is 5.06 Å². The van der Waals surface area contributed by atoms with Crippen LogP contribution in [0, 0.1) is 0 Å². The predicted octanol–water partition coefficient (Wildman–Crippen LogP) is 2.92. The van der Waals surface area contributed by atoms with Crippen LogP contribution in [0.5, 0.6) is 5.75 Å². The molecule has 2 amide bonds. The van der Waals surface area contributed by atoms with E-state index in [2.05, 4.69) is 0 Å². The first-order valence-electron chi connectivity index (χ1n) is 8.86. The molecular weight excluding hydrogens is 348 g/mol. The zero-order valence-corrected chi connectivity index (χ0v) is 14.9. The molecule has 2 bridgehead atoms. The maximum absolute atomic E-state index is 12.9. The smallest absolute Gasteiger partial charge is 0.345 e. The Kier molecular flexibility index (Phi) is 4.45. The molecule has 1 fully saturated rings. The molecule has 27 heavy (non-hydrogen) atoms. The van der Waals surface area contributed by atoms with E-state index in [9.17, 15) is 14.7 Å². The van der Waals surface area contributed by atoms with E-state index in [-0.39, 0.29) is 25.0 Å². The Morgan fingerprint density at radius 1 is 1.19 bits per heavy atom. The van der Waals surface area contributed by atoms with Gasteiger partial charge in [-0.1, -0.05) is 36.4 Å². The van der Waals surface area contributed by atoms with Gasteiger partial charge in [-0.3, -0.25) is 4.84 Å². The number of esters is 1. The van der Waals surface area contributed by atoms with Crippen LogP contribution >= 0.6 is 0 Å². The molecule has 2 aliphatic rings. The molecule has 0 spiro atoms. The first-order chi connectivity index (χ1) is 13.1. The number of benzene rings is 2. The number of ether oxygens (including phenoxy) is 1. The van der Waals surface area contributed by atoms with Gasteiger partial charge in [-0.05, 0) is 35.7 Å². The molecule has 2 aromatic rings. The van der Waals surface area contributed by atoms with Gasteiger partial charge in [-0.25, -0.2) is 9.59 Å². The number of carbonyl (C=O) groups excluding carboxylic acids is 2. The predicted molar refractivity (Wildman–Crippen MR) is 95.4 cm³/mol. The van der Waals surface area contributed by atoms with E-state index >= 15 is 0 Å². The fourth-order valence-corrected chi connectivity index (χ4v) is 3.65. The molecule has 4 rings (SSSR count). The lowest BCUT2D eigenvalue weighted by atomic mass is 9.91. The number of hydroxylamine groups is 2. The second-order valence-electron chi connectivity index (χ2n) is 6.50. The van der Waals surface area contributed by atoms with Crippen LogP contribution in [0.1, 0.15) is 35.7 Å². The molecule has 0 radical (unpaired) electrons. The number of carbonyl (C=O) groups is 2. The van der Waals surface area contributed by atoms with Crippen molar-refractivity contribution in [3.8, 4) is 5.75 Å². The molecule has 2 heterocycles. The molecule has 1 saturated heterocycles. The molecule has 2 aromatic carbocycles. The average Bonchev–Trinajstić information content (AvgIpc) is 2.95. The van der Waals surface area contributed by atoms with Crippen LogP contribution in [-0.2, 0) is 21.0 Å². The molecule has 140 valence electrons. The van der Waals surface area contributed by atoms with Crippen molar-refractivity contribution >= 4 is 12.0 Å². The molecule has 7 heteroatoms. The van der Waals surface area contributed by atoms with Gasteiger partial charge in [0.05, 0.1) is 13.2 Å². The summed E-state index contributed by atoms with van der Waals surface area (Å²) >= 11 is 0. The summed E-state index contributed by atoms with van der Waals surface area (Å²) in [5.74, 6) is -0.409. The van der Waals surface area contributed by atoms with E-state index in [0.717, 1.165) is 5.56 Å². The summed E-state index contributed by atoms with van der Waals surface area (Å²) < 4.78 is 5.18. The Morgan fingerprint density at radius 2 is 1.96 bits per heavy atom. The minimum absolute atomic E-state index is 0.0761. The van der Waals surface area contributed by atoms with E-state index in [1.807, 2.05) is 30.3 Å². The van der Waals surface area contributed by atoms with Gasteiger partial charge >= 0.3 is 12.0 Å². The monoisotopic (exact) mass is 368 g/mol. The number of urea groups is 1. The fourth-order valence-electron chi connectivity index (χ4n) is 3.65. The van der Waals surface area contributed by atoms with Crippen molar-refractivity contribution in [2.24, 2.45) is 0 Å². The van der Waals surface area contributed by atoms with Gasteiger partial charge in [0.1, 0.15) is 18.4 Å². The number of amides is 2. The molecule has 2 unspecified atom stereocenters. The van der Waals surface area contributed by atoms with Gasteiger partial charge in [0.25, 0.3) is 0 Å². The first kappa shape index (κ1) is 17.4. The highest BCUT2D eigenvalue weighted by atomic mass is 16.7. The van der Waals surface area contributed by atoms with E-state index in [0.29, 0.717) is 17.7 Å². The second kappa shape index (κ2) is 6.92. The zero-order chi connectivity index (χ0) is 19.0. The minimum atomic E-state index is -0.838. The van der Waals surface area contributed by atoms with Crippen LogP contribution in [-0.4, -0.2) is 40.2 Å². The van der Waals surface area contributed by atoms with Crippen molar-refractivity contribution < 1.29 is 24.3 Å². The summed E-state index contributed by atoms with van der Waals surface area (Å²) in [6.45, 7) is 2.48. The first-order valence-corrected chi connectivity index (χ1v) is 8.86. The molecule has 7 nitrogen and oxygen atoms in total. The third kappa shape index (κ3) is 3.00. The van der Waals surface area contributed by atoms with Crippen LogP contribution in [0.3, 0.4) is 0 Å². The van der Waals surface area contributed by atoms with Crippen molar-refractivity contribution in [2.45, 2.75) is 25.6 Å². The number of rotatable bonds is 5. The second-order valence-corrected chi connectivity index (χ2v) is 6.50. The standard InChI is InChI=1S/C20H20N2O5/c1-2-26-19(24)18-15-9-8-14(23)10-16(15)17-11-21(18)20(25)22(17)27-12-13-6-4-3-5-7-13/h3-10,17-18,23H,2,11-12H2,1H3. The van der Waals surface area contributed by atoms with Gasteiger partial charge in [0.15, 0.2) is 6.04 Å². The Bertz CT molecular complexity index is 870. The molecule has 0 aromatic heterocycles. The van der Waals surface area contributed by atoms with Crippen molar-refractivity contribution in [2.75, 3.05) is 13.2 Å². The number of nitrogens with zero attached hydrogens (tertiary/aromatic N) is 2. The Balaban J connectivity index is 1.66. The molecule has 0 saturated carbocycles. The number of aromatic hydroxyl groups is 1. The van der Waals surface area contributed by atoms with Crippen LogP contribution in [0.15, 0.2) is 48.5 Å². The molecule has 2 atom stereocenters. The van der Waals surface area contributed by atoms with E-state index in [4.69, 9.17) is 9.57 Å². The van der Waals surface area contributed by atoms with E-state index in [1.54, 1.807) is 19.1 Å². The van der Waals surface area contributed by atoms with Crippen molar-refractivity contribution in [3.05, 3.63) is 65.2 Å². The summed E-state index contributed by atoms with van der Waals surface area (Å²) in [7, 11) is 0. The SMILES string of the molecule is CCOC(=O)C1c2ccc(O)cc2C2CN1C(=O)N2OCc1ccccc1. The summed E-state index contributed by atoms with van der Waals surface area (Å²) in [5, 5.41) is 11.2. The molecular formula is C20H20N2O5. The lowest BCUT2D eigenvalue weighted by molar-refractivity contribution is -0.149. The third-order valence-corrected chi connectivity index (χ3v) is 4.85. The minimum Gasteiger partial charge on any atom is -0.508 e. The average molecular weight is 368 g/mol. The fraction of sp³-hybridized carbons (Fsp3) is 0.300. The number of phenols is 1. The molecule has 1 N–H and O–H groups in total. The van der Waals surface area contributed by atoms with Crippen molar-refractivity contribution in [1.29, 1.82) is 0 Å². The topological polar surface area (TPSA) is 79.3 Å². The van der Waals surface area contributed by atoms with Crippen LogP contribution in [0.25, 0.3) is 0 Å². The van der Waals surface area contributed by atoms with Crippen molar-refractivity contribution in [3.63, 3.8) is 0 Å². The van der Waals surface area contributed by atoms with Gasteiger partial charge in [-0.15, -0.1) is 0 Å². The number of phenolic OH excluding ortho intramolecular Hbond substituents is 1. The highest BCUT2D eigenvalue weighted by Crippen LogP contribution is 2.45. The van der Waals surface area contributed by atoms with Crippen LogP contribution in [0.2, 0.25) is 0 Å². The maximum atomic E-state index is 12.9. The Hall–Kier alpha value is -3.06. The molecule has 0 aliphatic carbocycles. The van der Waals surface area contributed by atoms with Crippen LogP contribution in [0.4, 0.5) is 4.79 Å². The van der Waals surface area contributed by atoms with Crippen molar-refractivity contribution in [1.82, 2.24) is 9.96 Å². The van der Waals surface area contributed by atoms with Crippen LogP contribution < -0.4 is 0 Å². The summed E-state index contributed by atoms with van der Waals surface area (Å²) in [6, 6.07) is 12.7. The lowest BCUT2D eigenvalue weighted by Gasteiger charge is -2.31. The normalized spacial score (nSPS) is 20.6. The number of hydrogen-bond acceptors (Lipinski definition) is 5. The Morgan fingerprint density at radius 3 is 2.70 bits per heavy atom. The summed E-state index contributed by atoms with van der Waals surface area (Å²) in [4.78, 5) is 32.7. The highest BCUT2D eigenvalue weighted by molar-refractivity contribution is 5.88. The van der Waals surface area contributed by atoms with Gasteiger partial charge in [0.2, 0.25) is 0 Å². The third-order valence-electron chi connectivity index (χ3n) is 4.85. The van der Waals surface area contributed by atoms with Gasteiger partial charge < -0.3 is 14.7 Å². The van der Waals surface area contributed by atoms with Gasteiger partial charge in [0, 0.05) is 0 Å². The zero-order valence-electron chi connectivity index (χ0n) is 14.9. The lowest BCUT2D eigenvalue weighted by Crippen LogP contribution is -2.39. The largest absolute Gasteiger partial charge is 0.508 e. The number of hydrogen-bond donors (Lipinski definition) is 1. The quantitative estimate of drug-likeness (QED) is 0.821. The summed E-state index contributed by atoms with van der Waals surface area (Å²) in [6.07, 6.45) is 0. The van der Waals surface area contributed by atoms with E-state index < -0.39 is 18.1 Å². The summed E-state index contributed by atoms with van der Waals surface area (Å²) in [5.41, 5.74) is 2.28. The maximum Gasteiger partial charge on any atom is 0.345 e. The highest BCUT2D eigenvalue weighted by Gasteiger charge is 2.51. The number of fused-ring (bicyclic) bond motifs is 4.